The summed E-state index contributed by atoms with van der Waals surface area (Å²) in [7, 11) is 1.90. The van der Waals surface area contributed by atoms with Gasteiger partial charge in [0.05, 0.1) is 18.0 Å². The minimum atomic E-state index is 0.244. The predicted octanol–water partition coefficient (Wildman–Crippen LogP) is 5.56. The van der Waals surface area contributed by atoms with E-state index in [4.69, 9.17) is 11.6 Å². The van der Waals surface area contributed by atoms with Crippen LogP contribution >= 0.6 is 0 Å². The van der Waals surface area contributed by atoms with E-state index in [-0.39, 0.29) is 5.41 Å². The smallest absolute Gasteiger partial charge is 0.188 e. The first kappa shape index (κ1) is 17.8. The molecule has 7 rings (SSSR count). The maximum absolute atomic E-state index is 7.55. The van der Waals surface area contributed by atoms with Gasteiger partial charge in [-0.25, -0.2) is 14.8 Å². The summed E-state index contributed by atoms with van der Waals surface area (Å²) in [5.41, 5.74) is 4.75. The van der Waals surface area contributed by atoms with Crippen LogP contribution in [-0.2, 0) is 12.5 Å². The molecular formula is C25H25N5. The summed E-state index contributed by atoms with van der Waals surface area (Å²) in [5, 5.41) is 4.51. The molecule has 2 heterocycles. The number of hydrogen-bond donors (Lipinski definition) is 0. The zero-order valence-corrected chi connectivity index (χ0v) is 17.3. The number of hydrogen-bond acceptors (Lipinski definition) is 3. The molecule has 4 aliphatic rings. The summed E-state index contributed by atoms with van der Waals surface area (Å²) in [5.74, 6) is 3.38. The van der Waals surface area contributed by atoms with Crippen LogP contribution in [0.3, 0.4) is 0 Å². The number of aromatic nitrogens is 4. The Morgan fingerprint density at radius 2 is 1.70 bits per heavy atom. The van der Waals surface area contributed by atoms with Gasteiger partial charge in [0.15, 0.2) is 11.5 Å². The number of rotatable bonds is 3. The van der Waals surface area contributed by atoms with E-state index >= 15 is 0 Å². The molecule has 0 N–H and O–H groups in total. The molecule has 4 saturated carbocycles. The van der Waals surface area contributed by atoms with Gasteiger partial charge < -0.3 is 0 Å². The molecule has 0 saturated heterocycles. The summed E-state index contributed by atoms with van der Waals surface area (Å²) in [6.45, 7) is 7.55. The van der Waals surface area contributed by atoms with Crippen LogP contribution < -0.4 is 0 Å². The maximum atomic E-state index is 7.55. The molecule has 2 aromatic heterocycles. The molecule has 5 nitrogen and oxygen atoms in total. The van der Waals surface area contributed by atoms with Crippen LogP contribution in [-0.4, -0.2) is 19.7 Å². The van der Waals surface area contributed by atoms with Gasteiger partial charge in [-0.15, -0.1) is 0 Å². The Hall–Kier alpha value is -3.00. The Morgan fingerprint density at radius 1 is 1.00 bits per heavy atom. The zero-order chi connectivity index (χ0) is 20.3. The van der Waals surface area contributed by atoms with Gasteiger partial charge in [0, 0.05) is 30.4 Å². The Labute approximate surface area is 177 Å². The molecule has 0 unspecified atom stereocenters. The Kier molecular flexibility index (Phi) is 3.86. The van der Waals surface area contributed by atoms with Gasteiger partial charge in [-0.3, -0.25) is 4.68 Å². The lowest BCUT2D eigenvalue weighted by Gasteiger charge is -2.56. The van der Waals surface area contributed by atoms with Crippen molar-refractivity contribution in [1.29, 1.82) is 0 Å². The quantitative estimate of drug-likeness (QED) is 0.545. The standard InChI is InChI=1S/C25H25N5/c1-26-21-11-19(22-4-6-30(2)29-22)10-20(12-21)24-27-5-3-23(28-24)25-13-16-7-17(14-25)9-18(8-16)15-25/h3-6,10-12,16-18H,7-9,13-15H2,2H3. The van der Waals surface area contributed by atoms with E-state index in [1.54, 1.807) is 4.68 Å². The van der Waals surface area contributed by atoms with Crippen LogP contribution in [0.25, 0.3) is 27.5 Å². The van der Waals surface area contributed by atoms with Gasteiger partial charge in [0.2, 0.25) is 0 Å². The lowest BCUT2D eigenvalue weighted by molar-refractivity contribution is -0.00720. The largest absolute Gasteiger partial charge is 0.275 e. The van der Waals surface area contributed by atoms with Crippen molar-refractivity contribution in [1.82, 2.24) is 19.7 Å². The summed E-state index contributed by atoms with van der Waals surface area (Å²) >= 11 is 0. The lowest BCUT2D eigenvalue weighted by Crippen LogP contribution is -2.49. The summed E-state index contributed by atoms with van der Waals surface area (Å²) in [6, 6.07) is 9.98. The Bertz CT molecular complexity index is 1130. The molecular weight excluding hydrogens is 370 g/mol. The van der Waals surface area contributed by atoms with Gasteiger partial charge in [-0.1, -0.05) is 0 Å². The van der Waals surface area contributed by atoms with E-state index in [2.05, 4.69) is 27.1 Å². The van der Waals surface area contributed by atoms with Crippen molar-refractivity contribution in [2.45, 2.75) is 43.9 Å². The minimum Gasteiger partial charge on any atom is -0.275 e. The molecule has 5 heteroatoms. The van der Waals surface area contributed by atoms with Gasteiger partial charge in [0.1, 0.15) is 0 Å². The third-order valence-electron chi connectivity index (χ3n) is 7.55. The topological polar surface area (TPSA) is 48.0 Å². The van der Waals surface area contributed by atoms with E-state index < -0.39 is 0 Å². The third-order valence-corrected chi connectivity index (χ3v) is 7.55. The molecule has 4 aliphatic carbocycles. The van der Waals surface area contributed by atoms with Gasteiger partial charge >= 0.3 is 0 Å². The highest BCUT2D eigenvalue weighted by Crippen LogP contribution is 2.60. The number of benzene rings is 1. The number of aryl methyl sites for hydroxylation is 1. The first-order valence-electron chi connectivity index (χ1n) is 11.0. The highest BCUT2D eigenvalue weighted by molar-refractivity contribution is 5.74. The average molecular weight is 396 g/mol. The van der Waals surface area contributed by atoms with E-state index in [0.29, 0.717) is 5.69 Å². The summed E-state index contributed by atoms with van der Waals surface area (Å²) in [6.07, 6.45) is 12.0. The Balaban J connectivity index is 1.42. The van der Waals surface area contributed by atoms with Crippen LogP contribution in [0.15, 0.2) is 42.7 Å². The van der Waals surface area contributed by atoms with E-state index in [1.165, 1.54) is 44.2 Å². The first-order valence-corrected chi connectivity index (χ1v) is 11.0. The van der Waals surface area contributed by atoms with Crippen LogP contribution in [0.5, 0.6) is 0 Å². The molecule has 4 bridgehead atoms. The second-order valence-corrected chi connectivity index (χ2v) is 9.72. The molecule has 0 radical (unpaired) electrons. The summed E-state index contributed by atoms with van der Waals surface area (Å²) < 4.78 is 1.78. The van der Waals surface area contributed by atoms with Crippen LogP contribution in [0, 0.1) is 24.3 Å². The summed E-state index contributed by atoms with van der Waals surface area (Å²) in [4.78, 5) is 13.4. The molecule has 0 spiro atoms. The van der Waals surface area contributed by atoms with Crippen molar-refractivity contribution in [2.75, 3.05) is 0 Å². The van der Waals surface area contributed by atoms with Crippen molar-refractivity contribution in [3.05, 3.63) is 59.8 Å². The fraction of sp³-hybridized carbons (Fsp3) is 0.440. The van der Waals surface area contributed by atoms with Gasteiger partial charge in [-0.05, 0) is 92.2 Å². The van der Waals surface area contributed by atoms with Crippen molar-refractivity contribution >= 4 is 5.69 Å². The highest BCUT2D eigenvalue weighted by atomic mass is 15.2. The molecule has 0 aliphatic heterocycles. The minimum absolute atomic E-state index is 0.244. The molecule has 0 amide bonds. The van der Waals surface area contributed by atoms with Crippen LogP contribution in [0.4, 0.5) is 5.69 Å². The highest BCUT2D eigenvalue weighted by Gasteiger charge is 2.52. The molecule has 3 aromatic rings. The maximum Gasteiger partial charge on any atom is 0.188 e. The average Bonchev–Trinajstić information content (AvgIpc) is 3.19. The molecule has 30 heavy (non-hydrogen) atoms. The van der Waals surface area contributed by atoms with Crippen molar-refractivity contribution in [3.8, 4) is 22.6 Å². The second kappa shape index (κ2) is 6.50. The van der Waals surface area contributed by atoms with Crippen molar-refractivity contribution in [2.24, 2.45) is 24.8 Å². The first-order chi connectivity index (χ1) is 14.6. The van der Waals surface area contributed by atoms with Crippen LogP contribution in [0.2, 0.25) is 0 Å². The van der Waals surface area contributed by atoms with Crippen LogP contribution in [0.1, 0.15) is 44.2 Å². The normalized spacial score (nSPS) is 29.1. The second-order valence-electron chi connectivity index (χ2n) is 9.72. The van der Waals surface area contributed by atoms with Gasteiger partial charge in [-0.2, -0.15) is 5.10 Å². The fourth-order valence-corrected chi connectivity index (χ4v) is 6.74. The van der Waals surface area contributed by atoms with Crippen molar-refractivity contribution < 1.29 is 0 Å². The molecule has 150 valence electrons. The lowest BCUT2D eigenvalue weighted by atomic mass is 9.49. The number of nitrogens with zero attached hydrogens (tertiary/aromatic N) is 5. The zero-order valence-electron chi connectivity index (χ0n) is 17.3. The molecule has 0 atom stereocenters. The fourth-order valence-electron chi connectivity index (χ4n) is 6.74. The predicted molar refractivity (Wildman–Crippen MR) is 116 cm³/mol. The molecule has 4 fully saturated rings. The monoisotopic (exact) mass is 395 g/mol. The SMILES string of the molecule is [C-]#[N+]c1cc(-c2ccn(C)n2)cc(-c2nccc(C34CC5CC(CC(C5)C3)C4)n2)c1. The van der Waals surface area contributed by atoms with E-state index in [9.17, 15) is 0 Å². The van der Waals surface area contributed by atoms with E-state index in [1.807, 2.05) is 37.6 Å². The Morgan fingerprint density at radius 3 is 2.33 bits per heavy atom. The molecule has 1 aromatic carbocycles. The van der Waals surface area contributed by atoms with Crippen molar-refractivity contribution in [3.63, 3.8) is 0 Å². The van der Waals surface area contributed by atoms with Gasteiger partial charge in [0.25, 0.3) is 0 Å². The third kappa shape index (κ3) is 2.86. The van der Waals surface area contributed by atoms with E-state index in [0.717, 1.165) is 40.4 Å².